The number of aryl methyl sites for hydroxylation is 1. The van der Waals surface area contributed by atoms with E-state index in [9.17, 15) is 4.79 Å². The van der Waals surface area contributed by atoms with Crippen LogP contribution in [0, 0.1) is 0 Å². The molecule has 1 amide bonds. The number of carbonyl (C=O) groups excluding carboxylic acids is 1. The molecule has 0 spiro atoms. The Morgan fingerprint density at radius 1 is 1.30 bits per heavy atom. The monoisotopic (exact) mass is 276 g/mol. The maximum absolute atomic E-state index is 11.8. The largest absolute Gasteiger partial charge is 0.444 e. The van der Waals surface area contributed by atoms with Crippen molar-refractivity contribution in [1.29, 1.82) is 0 Å². The van der Waals surface area contributed by atoms with E-state index in [-0.39, 0.29) is 6.09 Å². The molecule has 2 rings (SSSR count). The lowest BCUT2D eigenvalue weighted by atomic mass is 10.1. The lowest BCUT2D eigenvalue weighted by molar-refractivity contribution is 0.0105. The van der Waals surface area contributed by atoms with Gasteiger partial charge in [0.25, 0.3) is 0 Å². The number of carbonyl (C=O) groups is 1. The molecule has 1 fully saturated rings. The van der Waals surface area contributed by atoms with Crippen LogP contribution in [0.2, 0.25) is 0 Å². The van der Waals surface area contributed by atoms with E-state index in [0.717, 1.165) is 12.1 Å². The Hall–Kier alpha value is -1.71. The fourth-order valence-electron chi connectivity index (χ4n) is 2.12. The second-order valence-corrected chi connectivity index (χ2v) is 6.28. The molecule has 1 aromatic rings. The van der Waals surface area contributed by atoms with E-state index in [2.05, 4.69) is 36.5 Å². The van der Waals surface area contributed by atoms with Gasteiger partial charge in [-0.1, -0.05) is 19.1 Å². The lowest BCUT2D eigenvalue weighted by Crippen LogP contribution is -2.57. The molecule has 0 aromatic heterocycles. The second-order valence-electron chi connectivity index (χ2n) is 6.28. The van der Waals surface area contributed by atoms with Gasteiger partial charge in [0, 0.05) is 18.8 Å². The Morgan fingerprint density at radius 2 is 1.90 bits per heavy atom. The van der Waals surface area contributed by atoms with Crippen molar-refractivity contribution in [2.45, 2.75) is 45.8 Å². The Morgan fingerprint density at radius 3 is 2.40 bits per heavy atom. The van der Waals surface area contributed by atoms with Crippen molar-refractivity contribution < 1.29 is 9.53 Å². The standard InChI is InChI=1S/C16H24N2O2/c1-5-12-6-8-13(9-7-12)17-14-10-18(11-14)15(19)20-16(2,3)4/h6-9,14,17H,5,10-11H2,1-4H3. The fourth-order valence-corrected chi connectivity index (χ4v) is 2.12. The molecule has 4 heteroatoms. The molecule has 20 heavy (non-hydrogen) atoms. The Bertz CT molecular complexity index is 456. The molecule has 110 valence electrons. The van der Waals surface area contributed by atoms with Gasteiger partial charge in [0.2, 0.25) is 0 Å². The summed E-state index contributed by atoms with van der Waals surface area (Å²) in [6, 6.07) is 8.76. The molecule has 1 aliphatic rings. The van der Waals surface area contributed by atoms with Crippen LogP contribution in [0.4, 0.5) is 10.5 Å². The molecule has 4 nitrogen and oxygen atoms in total. The molecule has 0 saturated carbocycles. The van der Waals surface area contributed by atoms with Gasteiger partial charge in [0.15, 0.2) is 0 Å². The molecule has 0 aliphatic carbocycles. The van der Waals surface area contributed by atoms with Crippen molar-refractivity contribution >= 4 is 11.8 Å². The molecule has 1 aromatic carbocycles. The van der Waals surface area contributed by atoms with E-state index < -0.39 is 5.60 Å². The minimum atomic E-state index is -0.425. The number of nitrogens with zero attached hydrogens (tertiary/aromatic N) is 1. The number of benzene rings is 1. The third-order valence-corrected chi connectivity index (χ3v) is 3.27. The molecular formula is C16H24N2O2. The smallest absolute Gasteiger partial charge is 0.410 e. The fraction of sp³-hybridized carbons (Fsp3) is 0.562. The molecule has 1 N–H and O–H groups in total. The van der Waals surface area contributed by atoms with E-state index in [1.54, 1.807) is 4.90 Å². The minimum Gasteiger partial charge on any atom is -0.444 e. The lowest BCUT2D eigenvalue weighted by Gasteiger charge is -2.40. The summed E-state index contributed by atoms with van der Waals surface area (Å²) in [6.07, 6.45) is 0.827. The summed E-state index contributed by atoms with van der Waals surface area (Å²) >= 11 is 0. The van der Waals surface area contributed by atoms with Gasteiger partial charge >= 0.3 is 6.09 Å². The van der Waals surface area contributed by atoms with Gasteiger partial charge in [-0.15, -0.1) is 0 Å². The summed E-state index contributed by atoms with van der Waals surface area (Å²) in [6.45, 7) is 9.20. The maximum atomic E-state index is 11.8. The van der Waals surface area contributed by atoms with Gasteiger partial charge in [-0.25, -0.2) is 4.79 Å². The number of anilines is 1. The summed E-state index contributed by atoms with van der Waals surface area (Å²) in [5.41, 5.74) is 2.02. The SMILES string of the molecule is CCc1ccc(NC2CN(C(=O)OC(C)(C)C)C2)cc1. The number of likely N-dealkylation sites (tertiary alicyclic amines) is 1. The van der Waals surface area contributed by atoms with Gasteiger partial charge in [0.05, 0.1) is 6.04 Å². The zero-order chi connectivity index (χ0) is 14.8. The molecule has 0 atom stereocenters. The zero-order valence-corrected chi connectivity index (χ0v) is 12.8. The molecule has 1 aliphatic heterocycles. The maximum Gasteiger partial charge on any atom is 0.410 e. The number of hydrogen-bond donors (Lipinski definition) is 1. The van der Waals surface area contributed by atoms with Crippen LogP contribution in [0.5, 0.6) is 0 Å². The van der Waals surface area contributed by atoms with Crippen LogP contribution in [0.15, 0.2) is 24.3 Å². The van der Waals surface area contributed by atoms with Crippen LogP contribution >= 0.6 is 0 Å². The predicted octanol–water partition coefficient (Wildman–Crippen LogP) is 3.28. The quantitative estimate of drug-likeness (QED) is 0.921. The normalized spacial score (nSPS) is 15.7. The van der Waals surface area contributed by atoms with Crippen LogP contribution in [0.1, 0.15) is 33.3 Å². The first-order valence-electron chi connectivity index (χ1n) is 7.21. The molecule has 0 bridgehead atoms. The van der Waals surface area contributed by atoms with E-state index >= 15 is 0 Å². The van der Waals surface area contributed by atoms with Crippen molar-refractivity contribution in [3.05, 3.63) is 29.8 Å². The first-order chi connectivity index (χ1) is 9.37. The van der Waals surface area contributed by atoms with Crippen LogP contribution in [-0.4, -0.2) is 35.7 Å². The van der Waals surface area contributed by atoms with E-state index in [0.29, 0.717) is 19.1 Å². The summed E-state index contributed by atoms with van der Waals surface area (Å²) in [7, 11) is 0. The van der Waals surface area contributed by atoms with E-state index in [1.807, 2.05) is 20.8 Å². The molecule has 1 heterocycles. The van der Waals surface area contributed by atoms with Crippen molar-refractivity contribution in [3.63, 3.8) is 0 Å². The number of hydrogen-bond acceptors (Lipinski definition) is 3. The van der Waals surface area contributed by atoms with Crippen molar-refractivity contribution in [2.75, 3.05) is 18.4 Å². The van der Waals surface area contributed by atoms with Crippen LogP contribution < -0.4 is 5.32 Å². The van der Waals surface area contributed by atoms with Crippen molar-refractivity contribution in [3.8, 4) is 0 Å². The third-order valence-electron chi connectivity index (χ3n) is 3.27. The second kappa shape index (κ2) is 5.73. The van der Waals surface area contributed by atoms with Crippen molar-refractivity contribution in [1.82, 2.24) is 4.90 Å². The molecule has 0 unspecified atom stereocenters. The molecule has 0 radical (unpaired) electrons. The number of amides is 1. The summed E-state index contributed by atoms with van der Waals surface area (Å²) < 4.78 is 5.33. The highest BCUT2D eigenvalue weighted by molar-refractivity contribution is 5.69. The van der Waals surface area contributed by atoms with E-state index in [4.69, 9.17) is 4.74 Å². The van der Waals surface area contributed by atoms with E-state index in [1.165, 1.54) is 5.56 Å². The molecular weight excluding hydrogens is 252 g/mol. The van der Waals surface area contributed by atoms with Gasteiger partial charge in [-0.05, 0) is 44.9 Å². The Balaban J connectivity index is 1.77. The Labute approximate surface area is 121 Å². The van der Waals surface area contributed by atoms with Gasteiger partial charge in [-0.3, -0.25) is 0 Å². The first kappa shape index (κ1) is 14.7. The Kier molecular flexibility index (Phi) is 4.21. The van der Waals surface area contributed by atoms with Gasteiger partial charge < -0.3 is 15.0 Å². The number of nitrogens with one attached hydrogen (secondary N) is 1. The number of ether oxygens (including phenoxy) is 1. The summed E-state index contributed by atoms with van der Waals surface area (Å²) in [4.78, 5) is 13.5. The predicted molar refractivity (Wildman–Crippen MR) is 81.0 cm³/mol. The average molecular weight is 276 g/mol. The van der Waals surface area contributed by atoms with Crippen molar-refractivity contribution in [2.24, 2.45) is 0 Å². The highest BCUT2D eigenvalue weighted by Crippen LogP contribution is 2.19. The highest BCUT2D eigenvalue weighted by Gasteiger charge is 2.33. The summed E-state index contributed by atoms with van der Waals surface area (Å²) in [5, 5.41) is 3.43. The number of rotatable bonds is 3. The third kappa shape index (κ3) is 3.89. The topological polar surface area (TPSA) is 41.6 Å². The van der Waals surface area contributed by atoms with Gasteiger partial charge in [0.1, 0.15) is 5.60 Å². The van der Waals surface area contributed by atoms with Crippen LogP contribution in [0.25, 0.3) is 0 Å². The highest BCUT2D eigenvalue weighted by atomic mass is 16.6. The minimum absolute atomic E-state index is 0.225. The van der Waals surface area contributed by atoms with Crippen LogP contribution in [-0.2, 0) is 11.2 Å². The zero-order valence-electron chi connectivity index (χ0n) is 12.8. The first-order valence-corrected chi connectivity index (χ1v) is 7.21. The van der Waals surface area contributed by atoms with Gasteiger partial charge in [-0.2, -0.15) is 0 Å². The average Bonchev–Trinajstić information content (AvgIpc) is 2.31. The summed E-state index contributed by atoms with van der Waals surface area (Å²) in [5.74, 6) is 0. The van der Waals surface area contributed by atoms with Crippen LogP contribution in [0.3, 0.4) is 0 Å². The molecule has 1 saturated heterocycles.